The van der Waals surface area contributed by atoms with Crippen LogP contribution in [0.1, 0.15) is 20.8 Å². The van der Waals surface area contributed by atoms with Crippen LogP contribution in [0.5, 0.6) is 5.88 Å². The first kappa shape index (κ1) is 14.4. The number of carbonyl (C=O) groups excluding carboxylic acids is 1. The fourth-order valence-electron chi connectivity index (χ4n) is 1.67. The fourth-order valence-corrected chi connectivity index (χ4v) is 1.67. The quantitative estimate of drug-likeness (QED) is 0.762. The van der Waals surface area contributed by atoms with Gasteiger partial charge in [-0.3, -0.25) is 5.32 Å². The Labute approximate surface area is 117 Å². The van der Waals surface area contributed by atoms with Crippen LogP contribution in [0.4, 0.5) is 16.3 Å². The number of amides is 1. The number of nitrogens with zero attached hydrogens (tertiary/aromatic N) is 1. The molecular weight excluding hydrogens is 262 g/mol. The van der Waals surface area contributed by atoms with Crippen LogP contribution in [0.3, 0.4) is 0 Å². The predicted molar refractivity (Wildman–Crippen MR) is 74.1 cm³/mol. The molecule has 0 bridgehead atoms. The van der Waals surface area contributed by atoms with Crippen molar-refractivity contribution in [2.45, 2.75) is 32.5 Å². The van der Waals surface area contributed by atoms with Gasteiger partial charge in [-0.2, -0.15) is 4.98 Å². The first-order valence-corrected chi connectivity index (χ1v) is 6.40. The van der Waals surface area contributed by atoms with Gasteiger partial charge < -0.3 is 19.9 Å². The molecule has 0 aliphatic carbocycles. The summed E-state index contributed by atoms with van der Waals surface area (Å²) in [5.74, 6) is 0.683. The second kappa shape index (κ2) is 5.54. The monoisotopic (exact) mass is 281 g/mol. The number of aromatic nitrogens is 1. The zero-order valence-corrected chi connectivity index (χ0v) is 11.8. The topological polar surface area (TPSA) is 92.7 Å². The summed E-state index contributed by atoms with van der Waals surface area (Å²) in [4.78, 5) is 15.8. The highest BCUT2D eigenvalue weighted by Gasteiger charge is 2.21. The number of nitrogens with one attached hydrogen (secondary N) is 2. The maximum Gasteiger partial charge on any atom is 0.413 e. The molecule has 0 saturated heterocycles. The van der Waals surface area contributed by atoms with Gasteiger partial charge in [-0.15, -0.1) is 0 Å². The fraction of sp³-hybridized carbons (Fsp3) is 0.538. The van der Waals surface area contributed by atoms with Crippen LogP contribution >= 0.6 is 0 Å². The highest BCUT2D eigenvalue weighted by Crippen LogP contribution is 2.28. The van der Waals surface area contributed by atoms with E-state index in [1.807, 2.05) is 0 Å². The first-order chi connectivity index (χ1) is 9.37. The Morgan fingerprint density at radius 2 is 2.35 bits per heavy atom. The van der Waals surface area contributed by atoms with Crippen molar-refractivity contribution in [3.05, 3.63) is 12.1 Å². The third-order valence-corrected chi connectivity index (χ3v) is 2.49. The van der Waals surface area contributed by atoms with Gasteiger partial charge in [0.25, 0.3) is 0 Å². The van der Waals surface area contributed by atoms with E-state index in [1.165, 1.54) is 0 Å². The molecule has 7 nitrogen and oxygen atoms in total. The maximum atomic E-state index is 11.6. The molecule has 7 heteroatoms. The summed E-state index contributed by atoms with van der Waals surface area (Å²) in [5.41, 5.74) is 0.155. The number of ether oxygens (including phenoxy) is 2. The second-order valence-corrected chi connectivity index (χ2v) is 5.48. The number of aliphatic hydroxyl groups excluding tert-OH is 1. The van der Waals surface area contributed by atoms with Crippen molar-refractivity contribution < 1.29 is 19.4 Å². The van der Waals surface area contributed by atoms with Crippen molar-refractivity contribution in [1.29, 1.82) is 0 Å². The highest BCUT2D eigenvalue weighted by molar-refractivity contribution is 5.84. The minimum Gasteiger partial charge on any atom is -0.468 e. The molecule has 0 fully saturated rings. The van der Waals surface area contributed by atoms with Gasteiger partial charge in [0.05, 0.1) is 18.8 Å². The van der Waals surface area contributed by atoms with Crippen molar-refractivity contribution in [3.8, 4) is 5.88 Å². The summed E-state index contributed by atoms with van der Waals surface area (Å²) in [6.07, 6.45) is -0.917. The lowest BCUT2D eigenvalue weighted by molar-refractivity contribution is 0.0635. The van der Waals surface area contributed by atoms with Crippen LogP contribution in [0, 0.1) is 0 Å². The standard InChI is InChI=1S/C13H19N3O4/c1-13(2,3)20-12(18)16-10-5-4-9-11(15-10)19-8(7-17)6-14-9/h4-5,8,14,17H,6-7H2,1-3H3,(H,15,16,18). The molecular formula is C13H19N3O4. The molecule has 1 aromatic heterocycles. The van der Waals surface area contributed by atoms with Crippen LogP contribution in [0.15, 0.2) is 12.1 Å². The minimum atomic E-state index is -0.576. The van der Waals surface area contributed by atoms with Crippen molar-refractivity contribution in [2.75, 3.05) is 23.8 Å². The zero-order valence-electron chi connectivity index (χ0n) is 11.8. The molecule has 20 heavy (non-hydrogen) atoms. The Kier molecular flexibility index (Phi) is 3.99. The lowest BCUT2D eigenvalue weighted by atomic mass is 10.2. The molecule has 1 unspecified atom stereocenters. The lowest BCUT2D eigenvalue weighted by Gasteiger charge is -2.25. The van der Waals surface area contributed by atoms with Gasteiger partial charge in [0.15, 0.2) is 0 Å². The van der Waals surface area contributed by atoms with E-state index in [9.17, 15) is 4.79 Å². The third-order valence-electron chi connectivity index (χ3n) is 2.49. The van der Waals surface area contributed by atoms with E-state index in [2.05, 4.69) is 15.6 Å². The Morgan fingerprint density at radius 1 is 1.60 bits per heavy atom. The Hall–Kier alpha value is -2.02. The first-order valence-electron chi connectivity index (χ1n) is 6.40. The molecule has 3 N–H and O–H groups in total. The largest absolute Gasteiger partial charge is 0.468 e. The second-order valence-electron chi connectivity index (χ2n) is 5.48. The molecule has 0 saturated carbocycles. The van der Waals surface area contributed by atoms with Crippen molar-refractivity contribution >= 4 is 17.6 Å². The molecule has 0 radical (unpaired) electrons. The smallest absolute Gasteiger partial charge is 0.413 e. The molecule has 2 heterocycles. The number of aliphatic hydroxyl groups is 1. The predicted octanol–water partition coefficient (Wildman–Crippen LogP) is 1.59. The van der Waals surface area contributed by atoms with Crippen LogP contribution in [0.2, 0.25) is 0 Å². The number of pyridine rings is 1. The highest BCUT2D eigenvalue weighted by atomic mass is 16.6. The van der Waals surface area contributed by atoms with Crippen LogP contribution in [-0.2, 0) is 4.74 Å². The number of fused-ring (bicyclic) bond motifs is 1. The van der Waals surface area contributed by atoms with E-state index in [0.717, 1.165) is 5.69 Å². The molecule has 0 spiro atoms. The summed E-state index contributed by atoms with van der Waals surface area (Å²) >= 11 is 0. The number of carbonyl (C=O) groups is 1. The number of anilines is 2. The van der Waals surface area contributed by atoms with Crippen molar-refractivity contribution in [1.82, 2.24) is 4.98 Å². The molecule has 1 amide bonds. The number of hydrogen-bond acceptors (Lipinski definition) is 6. The maximum absolute atomic E-state index is 11.6. The summed E-state index contributed by atoms with van der Waals surface area (Å²) in [7, 11) is 0. The van der Waals surface area contributed by atoms with Crippen LogP contribution in [0.25, 0.3) is 0 Å². The molecule has 1 atom stereocenters. The molecule has 1 aliphatic rings. The average molecular weight is 281 g/mol. The van der Waals surface area contributed by atoms with E-state index < -0.39 is 11.7 Å². The molecule has 1 aromatic rings. The van der Waals surface area contributed by atoms with E-state index in [-0.39, 0.29) is 12.7 Å². The number of rotatable bonds is 2. The van der Waals surface area contributed by atoms with E-state index in [4.69, 9.17) is 14.6 Å². The van der Waals surface area contributed by atoms with Crippen LogP contribution < -0.4 is 15.4 Å². The Bertz CT molecular complexity index is 499. The summed E-state index contributed by atoms with van der Waals surface area (Å²) in [6.45, 7) is 5.77. The molecule has 2 rings (SSSR count). The van der Waals surface area contributed by atoms with Gasteiger partial charge in [0.2, 0.25) is 5.88 Å². The van der Waals surface area contributed by atoms with Gasteiger partial charge in [-0.05, 0) is 32.9 Å². The van der Waals surface area contributed by atoms with Crippen LogP contribution in [-0.4, -0.2) is 41.0 Å². The third kappa shape index (κ3) is 3.74. The van der Waals surface area contributed by atoms with Gasteiger partial charge in [0.1, 0.15) is 17.5 Å². The molecule has 1 aliphatic heterocycles. The van der Waals surface area contributed by atoms with Gasteiger partial charge in [-0.25, -0.2) is 4.79 Å². The summed E-state index contributed by atoms with van der Waals surface area (Å²) in [5, 5.41) is 14.7. The SMILES string of the molecule is CC(C)(C)OC(=O)Nc1ccc2c(n1)OC(CO)CN2. The molecule has 110 valence electrons. The minimum absolute atomic E-state index is 0.0994. The van der Waals surface area contributed by atoms with E-state index in [0.29, 0.717) is 18.2 Å². The summed E-state index contributed by atoms with van der Waals surface area (Å²) < 4.78 is 10.6. The normalized spacial score (nSPS) is 17.5. The number of hydrogen-bond donors (Lipinski definition) is 3. The molecule has 0 aromatic carbocycles. The summed E-state index contributed by atoms with van der Waals surface area (Å²) in [6, 6.07) is 3.40. The lowest BCUT2D eigenvalue weighted by Crippen LogP contribution is -2.34. The van der Waals surface area contributed by atoms with Crippen molar-refractivity contribution in [2.24, 2.45) is 0 Å². The zero-order chi connectivity index (χ0) is 14.8. The Balaban J connectivity index is 2.05. The van der Waals surface area contributed by atoms with Gasteiger partial charge in [0, 0.05) is 0 Å². The van der Waals surface area contributed by atoms with Gasteiger partial charge in [-0.1, -0.05) is 0 Å². The van der Waals surface area contributed by atoms with E-state index in [1.54, 1.807) is 32.9 Å². The Morgan fingerprint density at radius 3 is 3.00 bits per heavy atom. The van der Waals surface area contributed by atoms with E-state index >= 15 is 0 Å². The van der Waals surface area contributed by atoms with Gasteiger partial charge >= 0.3 is 6.09 Å². The van der Waals surface area contributed by atoms with Crippen molar-refractivity contribution in [3.63, 3.8) is 0 Å². The average Bonchev–Trinajstić information content (AvgIpc) is 2.35.